The maximum absolute atomic E-state index is 12.7. The Bertz CT molecular complexity index is 687. The fraction of sp³-hybridized carbons (Fsp3) is 0.600. The first-order valence-corrected chi connectivity index (χ1v) is 16.4. The van der Waals surface area contributed by atoms with Crippen LogP contribution >= 0.6 is 0 Å². The van der Waals surface area contributed by atoms with E-state index >= 15 is 0 Å². The number of hydrogen-bond donors (Lipinski definition) is 1. The number of carbonyl (C=O) groups is 2. The molecule has 1 N–H and O–H groups in total. The zero-order valence-electron chi connectivity index (χ0n) is 17.5. The van der Waals surface area contributed by atoms with E-state index in [1.807, 2.05) is 0 Å². The van der Waals surface area contributed by atoms with Crippen molar-refractivity contribution in [2.75, 3.05) is 6.61 Å². The normalized spacial score (nSPS) is 16.2. The molecule has 0 heterocycles. The minimum absolute atomic E-state index is 0.193. The lowest BCUT2D eigenvalue weighted by molar-refractivity contribution is -0.152. The molecule has 0 saturated carbocycles. The number of nitrogens with one attached hydrogen (secondary N) is 1. The predicted octanol–water partition coefficient (Wildman–Crippen LogP) is 2.31. The fourth-order valence-corrected chi connectivity index (χ4v) is 9.09. The first-order chi connectivity index (χ1) is 11.8. The molecule has 0 saturated heterocycles. The van der Waals surface area contributed by atoms with Crippen LogP contribution in [-0.4, -0.2) is 40.2 Å². The Labute approximate surface area is 159 Å². The van der Waals surface area contributed by atoms with Crippen molar-refractivity contribution in [1.29, 1.82) is 0 Å². The number of carbonyl (C=O) groups excluding carboxylic acids is 2. The van der Waals surface area contributed by atoms with E-state index in [-0.39, 0.29) is 11.9 Å². The number of ether oxygens (including phenoxy) is 1. The van der Waals surface area contributed by atoms with Gasteiger partial charge >= 0.3 is 5.97 Å². The molecule has 0 fully saturated rings. The van der Waals surface area contributed by atoms with Crippen molar-refractivity contribution in [3.05, 3.63) is 23.3 Å². The van der Waals surface area contributed by atoms with Crippen molar-refractivity contribution in [2.45, 2.75) is 71.5 Å². The molecule has 2 rings (SSSR count). The molecule has 1 aromatic carbocycles. The lowest BCUT2D eigenvalue weighted by Gasteiger charge is -2.29. The number of esters is 1. The van der Waals surface area contributed by atoms with Gasteiger partial charge in [0.2, 0.25) is 5.91 Å². The summed E-state index contributed by atoms with van der Waals surface area (Å²) >= 11 is 0. The van der Waals surface area contributed by atoms with E-state index in [9.17, 15) is 9.59 Å². The second kappa shape index (κ2) is 6.96. The number of fused-ring (bicyclic) bond motifs is 1. The summed E-state index contributed by atoms with van der Waals surface area (Å²) in [5, 5.41) is 5.91. The summed E-state index contributed by atoms with van der Waals surface area (Å²) in [5.41, 5.74) is 1.41. The average molecular weight is 392 g/mol. The van der Waals surface area contributed by atoms with Gasteiger partial charge in [0.25, 0.3) is 0 Å². The second-order valence-corrected chi connectivity index (χ2v) is 19.6. The standard InChI is InChI=1S/C20H33NO3Si2/c1-9-24-19(23)20(21-14(2)22)12-15-10-17(25(3,4)5)18(26(6,7)8)11-16(15)13-20/h10-11H,9,12-13H2,1-8H3,(H,21,22). The minimum Gasteiger partial charge on any atom is -0.464 e. The maximum Gasteiger partial charge on any atom is 0.332 e. The van der Waals surface area contributed by atoms with Gasteiger partial charge in [-0.25, -0.2) is 4.79 Å². The number of amides is 1. The largest absolute Gasteiger partial charge is 0.464 e. The van der Waals surface area contributed by atoms with E-state index in [0.717, 1.165) is 0 Å². The van der Waals surface area contributed by atoms with Crippen LogP contribution < -0.4 is 15.7 Å². The summed E-state index contributed by atoms with van der Waals surface area (Å²) in [6.07, 6.45) is 1.04. The van der Waals surface area contributed by atoms with Crippen molar-refractivity contribution >= 4 is 38.4 Å². The van der Waals surface area contributed by atoms with E-state index < -0.39 is 21.7 Å². The molecule has 1 aliphatic rings. The minimum atomic E-state index is -1.52. The van der Waals surface area contributed by atoms with Gasteiger partial charge in [-0.15, -0.1) is 0 Å². The summed E-state index contributed by atoms with van der Waals surface area (Å²) in [7, 11) is -3.04. The first-order valence-electron chi connectivity index (χ1n) is 9.43. The topological polar surface area (TPSA) is 55.4 Å². The Morgan fingerprint density at radius 1 is 1.00 bits per heavy atom. The van der Waals surface area contributed by atoms with Crippen molar-refractivity contribution in [1.82, 2.24) is 5.32 Å². The zero-order valence-corrected chi connectivity index (χ0v) is 19.5. The van der Waals surface area contributed by atoms with E-state index in [2.05, 4.69) is 56.7 Å². The van der Waals surface area contributed by atoms with Crippen LogP contribution in [0.15, 0.2) is 12.1 Å². The third-order valence-electron chi connectivity index (χ3n) is 5.02. The number of benzene rings is 1. The molecule has 0 aromatic heterocycles. The summed E-state index contributed by atoms with van der Waals surface area (Å²) < 4.78 is 5.32. The van der Waals surface area contributed by atoms with Crippen molar-refractivity contribution < 1.29 is 14.3 Å². The smallest absolute Gasteiger partial charge is 0.332 e. The van der Waals surface area contributed by atoms with Crippen LogP contribution in [0.5, 0.6) is 0 Å². The lowest BCUT2D eigenvalue weighted by Crippen LogP contribution is -2.56. The molecule has 1 aromatic rings. The monoisotopic (exact) mass is 391 g/mol. The molecule has 0 atom stereocenters. The SMILES string of the molecule is CCOC(=O)C1(NC(C)=O)Cc2cc([Si](C)(C)C)c([Si](C)(C)C)cc2C1. The number of hydrogen-bond acceptors (Lipinski definition) is 3. The molecule has 0 aliphatic heterocycles. The average Bonchev–Trinajstić information content (AvgIpc) is 2.81. The Morgan fingerprint density at radius 2 is 1.42 bits per heavy atom. The highest BCUT2D eigenvalue weighted by Crippen LogP contribution is 2.31. The molecule has 0 spiro atoms. The van der Waals surface area contributed by atoms with E-state index in [1.54, 1.807) is 6.92 Å². The molecular formula is C20H33NO3Si2. The van der Waals surface area contributed by atoms with Gasteiger partial charge < -0.3 is 10.1 Å². The maximum atomic E-state index is 12.7. The molecule has 0 radical (unpaired) electrons. The second-order valence-electron chi connectivity index (χ2n) is 9.50. The van der Waals surface area contributed by atoms with Crippen LogP contribution in [0.3, 0.4) is 0 Å². The van der Waals surface area contributed by atoms with Crippen LogP contribution in [0.2, 0.25) is 39.3 Å². The third-order valence-corrected chi connectivity index (χ3v) is 9.33. The molecule has 26 heavy (non-hydrogen) atoms. The summed E-state index contributed by atoms with van der Waals surface area (Å²) in [6, 6.07) is 4.66. The molecule has 6 heteroatoms. The van der Waals surface area contributed by atoms with Gasteiger partial charge in [0.05, 0.1) is 22.8 Å². The van der Waals surface area contributed by atoms with E-state index in [4.69, 9.17) is 4.74 Å². The van der Waals surface area contributed by atoms with Gasteiger partial charge in [-0.3, -0.25) is 4.79 Å². The Hall–Kier alpha value is -1.41. The first kappa shape index (κ1) is 20.9. The van der Waals surface area contributed by atoms with E-state index in [1.165, 1.54) is 28.4 Å². The summed E-state index contributed by atoms with van der Waals surface area (Å²) in [5.74, 6) is -0.516. The lowest BCUT2D eigenvalue weighted by atomic mass is 9.95. The molecule has 0 unspecified atom stereocenters. The van der Waals surface area contributed by atoms with Crippen molar-refractivity contribution in [3.8, 4) is 0 Å². The van der Waals surface area contributed by atoms with Crippen LogP contribution in [0.1, 0.15) is 25.0 Å². The van der Waals surface area contributed by atoms with Gasteiger partial charge in [-0.1, -0.05) is 61.8 Å². The molecular weight excluding hydrogens is 358 g/mol. The van der Waals surface area contributed by atoms with Crippen molar-refractivity contribution in [2.24, 2.45) is 0 Å². The number of rotatable bonds is 5. The molecule has 4 nitrogen and oxygen atoms in total. The van der Waals surface area contributed by atoms with Gasteiger partial charge in [-0.2, -0.15) is 0 Å². The van der Waals surface area contributed by atoms with Gasteiger partial charge in [0.15, 0.2) is 0 Å². The summed E-state index contributed by atoms with van der Waals surface area (Å²) in [6.45, 7) is 17.8. The zero-order chi connectivity index (χ0) is 19.9. The molecule has 1 aliphatic carbocycles. The Kier molecular flexibility index (Phi) is 5.60. The Balaban J connectivity index is 2.58. The van der Waals surface area contributed by atoms with Gasteiger partial charge in [0.1, 0.15) is 5.54 Å². The highest BCUT2D eigenvalue weighted by molar-refractivity contribution is 6.98. The highest BCUT2D eigenvalue weighted by atomic mass is 28.3. The molecule has 144 valence electrons. The van der Waals surface area contributed by atoms with Crippen LogP contribution in [0.4, 0.5) is 0 Å². The molecule has 1 amide bonds. The Morgan fingerprint density at radius 3 is 1.73 bits per heavy atom. The fourth-order valence-electron chi connectivity index (χ4n) is 3.86. The quantitative estimate of drug-likeness (QED) is 0.619. The van der Waals surface area contributed by atoms with Gasteiger partial charge in [-0.05, 0) is 18.1 Å². The summed E-state index contributed by atoms with van der Waals surface area (Å²) in [4.78, 5) is 24.5. The van der Waals surface area contributed by atoms with Gasteiger partial charge in [0, 0.05) is 19.8 Å². The van der Waals surface area contributed by atoms with Crippen LogP contribution in [0.25, 0.3) is 0 Å². The van der Waals surface area contributed by atoms with Crippen LogP contribution in [-0.2, 0) is 27.2 Å². The van der Waals surface area contributed by atoms with E-state index in [0.29, 0.717) is 19.4 Å². The predicted molar refractivity (Wildman–Crippen MR) is 113 cm³/mol. The third kappa shape index (κ3) is 4.12. The molecule has 0 bridgehead atoms. The van der Waals surface area contributed by atoms with Crippen LogP contribution in [0, 0.1) is 0 Å². The highest BCUT2D eigenvalue weighted by Gasteiger charge is 2.47. The van der Waals surface area contributed by atoms with Crippen molar-refractivity contribution in [3.63, 3.8) is 0 Å².